The Kier molecular flexibility index (Phi) is 9.17. The van der Waals surface area contributed by atoms with E-state index in [2.05, 4.69) is 5.32 Å². The normalized spacial score (nSPS) is 19.2. The van der Waals surface area contributed by atoms with E-state index in [9.17, 15) is 24.5 Å². The van der Waals surface area contributed by atoms with Crippen LogP contribution in [-0.4, -0.2) is 92.0 Å². The van der Waals surface area contributed by atoms with Gasteiger partial charge in [-0.15, -0.1) is 0 Å². The maximum absolute atomic E-state index is 13.1. The first-order valence-electron chi connectivity index (χ1n) is 14.5. The fourth-order valence-corrected chi connectivity index (χ4v) is 5.91. The zero-order valence-electron chi connectivity index (χ0n) is 24.3. The van der Waals surface area contributed by atoms with Crippen molar-refractivity contribution < 1.29 is 38.3 Å². The number of carbonyl (C=O) groups excluding carboxylic acids is 3. The molecule has 2 aromatic carbocycles. The van der Waals surface area contributed by atoms with Gasteiger partial charge in [0.2, 0.25) is 0 Å². The molecule has 230 valence electrons. The molecule has 0 unspecified atom stereocenters. The van der Waals surface area contributed by atoms with Gasteiger partial charge in [-0.25, -0.2) is 0 Å². The summed E-state index contributed by atoms with van der Waals surface area (Å²) in [6.07, 6.45) is 5.03. The largest absolute Gasteiger partial charge is 0.493 e. The molecule has 13 heteroatoms. The predicted octanol–water partition coefficient (Wildman–Crippen LogP) is 3.68. The van der Waals surface area contributed by atoms with Gasteiger partial charge >= 0.3 is 0 Å². The molecule has 0 aliphatic carbocycles. The molecule has 0 bridgehead atoms. The maximum Gasteiger partial charge on any atom is 0.286 e. The van der Waals surface area contributed by atoms with Gasteiger partial charge in [0.15, 0.2) is 23.0 Å². The van der Waals surface area contributed by atoms with Crippen LogP contribution < -0.4 is 24.3 Å². The minimum Gasteiger partial charge on any atom is -0.493 e. The van der Waals surface area contributed by atoms with Crippen LogP contribution in [0, 0.1) is 10.1 Å². The summed E-state index contributed by atoms with van der Waals surface area (Å²) in [5.41, 5.74) is 0.730. The molecule has 13 nitrogen and oxygen atoms in total. The first-order chi connectivity index (χ1) is 20.9. The second-order valence-electron chi connectivity index (χ2n) is 10.7. The number of hydrogen-bond acceptors (Lipinski definition) is 10. The Morgan fingerprint density at radius 1 is 1.00 bits per heavy atom. The molecule has 0 radical (unpaired) electrons. The number of carbonyl (C=O) groups is 3. The third-order valence-electron chi connectivity index (χ3n) is 8.18. The Hall–Kier alpha value is -4.55. The number of rotatable bonds is 12. The average Bonchev–Trinajstić information content (AvgIpc) is 3.68. The number of hydrogen-bond donors (Lipinski definition) is 1. The van der Waals surface area contributed by atoms with Crippen LogP contribution >= 0.6 is 0 Å². The number of benzene rings is 2. The van der Waals surface area contributed by atoms with Crippen LogP contribution in [0.2, 0.25) is 0 Å². The van der Waals surface area contributed by atoms with Crippen molar-refractivity contribution in [3.05, 3.63) is 45.5 Å². The lowest BCUT2D eigenvalue weighted by atomic mass is 10.1. The third-order valence-corrected chi connectivity index (χ3v) is 8.18. The van der Waals surface area contributed by atoms with Gasteiger partial charge in [-0.2, -0.15) is 0 Å². The van der Waals surface area contributed by atoms with Crippen LogP contribution in [0.1, 0.15) is 59.2 Å². The molecule has 3 heterocycles. The van der Waals surface area contributed by atoms with E-state index in [0.29, 0.717) is 68.7 Å². The standard InChI is InChI=1S/C30H36N4O9/c1-40-25-13-21-23(31-17-19-7-5-9-32(19)29(21)36)15-27(25)42-11-3-4-12-43-28-16-24(34(38)39)22(14-26(28)41-2)30(37)33-10-6-8-20(33)18-35/h13-16,18-20,31H,3-12,17H2,1-2H3/t19-,20-/m0/s1. The topological polar surface area (TPSA) is 150 Å². The Bertz CT molecular complexity index is 1400. The number of unbranched alkanes of at least 4 members (excludes halogenated alkanes) is 1. The summed E-state index contributed by atoms with van der Waals surface area (Å²) in [4.78, 5) is 52.0. The average molecular weight is 597 g/mol. The van der Waals surface area contributed by atoms with Gasteiger partial charge in [-0.05, 0) is 44.6 Å². The van der Waals surface area contributed by atoms with Gasteiger partial charge < -0.3 is 38.9 Å². The number of ether oxygens (including phenoxy) is 4. The quantitative estimate of drug-likeness (QED) is 0.166. The van der Waals surface area contributed by atoms with Crippen molar-refractivity contribution >= 4 is 29.5 Å². The number of nitro groups is 1. The fraction of sp³-hybridized carbons (Fsp3) is 0.500. The predicted molar refractivity (Wildman–Crippen MR) is 156 cm³/mol. The SMILES string of the molecule is COc1cc2c(cc1OCCCCOc1cc([N+](=O)[O-])c(C(=O)N3CCC[C@H]3C=O)cc1OC)NC[C@@H]1CCCN1C2=O. The lowest BCUT2D eigenvalue weighted by molar-refractivity contribution is -0.385. The number of nitro benzene ring substituents is 1. The lowest BCUT2D eigenvalue weighted by Gasteiger charge is -2.21. The summed E-state index contributed by atoms with van der Waals surface area (Å²) in [5.74, 6) is 0.739. The van der Waals surface area contributed by atoms with Crippen LogP contribution in [0.5, 0.6) is 23.0 Å². The molecular weight excluding hydrogens is 560 g/mol. The van der Waals surface area contributed by atoms with Crippen molar-refractivity contribution in [3.63, 3.8) is 0 Å². The molecule has 2 amide bonds. The molecular formula is C30H36N4O9. The van der Waals surface area contributed by atoms with E-state index in [-0.39, 0.29) is 35.6 Å². The molecule has 2 saturated heterocycles. The van der Waals surface area contributed by atoms with E-state index in [1.807, 2.05) is 4.90 Å². The Labute approximate surface area is 249 Å². The summed E-state index contributed by atoms with van der Waals surface area (Å²) in [7, 11) is 2.92. The molecule has 3 aliphatic heterocycles. The van der Waals surface area contributed by atoms with Crippen LogP contribution in [-0.2, 0) is 4.79 Å². The molecule has 3 aliphatic rings. The van der Waals surface area contributed by atoms with Gasteiger partial charge in [0.25, 0.3) is 17.5 Å². The molecule has 2 aromatic rings. The van der Waals surface area contributed by atoms with Crippen molar-refractivity contribution in [1.29, 1.82) is 0 Å². The number of likely N-dealkylation sites (tertiary alicyclic amines) is 1. The number of methoxy groups -OCH3 is 2. The van der Waals surface area contributed by atoms with Crippen LogP contribution in [0.25, 0.3) is 0 Å². The number of fused-ring (bicyclic) bond motifs is 2. The van der Waals surface area contributed by atoms with E-state index >= 15 is 0 Å². The monoisotopic (exact) mass is 596 g/mol. The van der Waals surface area contributed by atoms with Crippen molar-refractivity contribution in [3.8, 4) is 23.0 Å². The first-order valence-corrected chi connectivity index (χ1v) is 14.5. The first kappa shape index (κ1) is 29.9. The van der Waals surface area contributed by atoms with Crippen molar-refractivity contribution in [2.75, 3.05) is 52.4 Å². The number of nitrogens with zero attached hydrogens (tertiary/aromatic N) is 3. The number of aldehydes is 1. The molecule has 0 saturated carbocycles. The maximum atomic E-state index is 13.1. The van der Waals surface area contributed by atoms with E-state index in [4.69, 9.17) is 18.9 Å². The number of anilines is 1. The van der Waals surface area contributed by atoms with Crippen LogP contribution in [0.3, 0.4) is 0 Å². The molecule has 0 spiro atoms. The number of nitrogens with one attached hydrogen (secondary N) is 1. The number of amides is 2. The second kappa shape index (κ2) is 13.2. The fourth-order valence-electron chi connectivity index (χ4n) is 5.91. The lowest BCUT2D eigenvalue weighted by Crippen LogP contribution is -2.36. The zero-order chi connectivity index (χ0) is 30.5. The van der Waals surface area contributed by atoms with E-state index < -0.39 is 22.6 Å². The van der Waals surface area contributed by atoms with Crippen molar-refractivity contribution in [2.45, 2.75) is 50.6 Å². The van der Waals surface area contributed by atoms with Gasteiger partial charge in [0, 0.05) is 37.8 Å². The second-order valence-corrected chi connectivity index (χ2v) is 10.7. The van der Waals surface area contributed by atoms with E-state index in [1.54, 1.807) is 12.1 Å². The van der Waals surface area contributed by atoms with Gasteiger partial charge in [0.1, 0.15) is 11.8 Å². The summed E-state index contributed by atoms with van der Waals surface area (Å²) in [6, 6.07) is 5.60. The van der Waals surface area contributed by atoms with E-state index in [1.165, 1.54) is 31.3 Å². The zero-order valence-corrected chi connectivity index (χ0v) is 24.3. The smallest absolute Gasteiger partial charge is 0.286 e. The summed E-state index contributed by atoms with van der Waals surface area (Å²) in [5, 5.41) is 15.2. The highest BCUT2D eigenvalue weighted by Gasteiger charge is 2.35. The van der Waals surface area contributed by atoms with Crippen molar-refractivity contribution in [1.82, 2.24) is 9.80 Å². The summed E-state index contributed by atoms with van der Waals surface area (Å²) in [6.45, 7) is 2.37. The minimum atomic E-state index is -0.639. The van der Waals surface area contributed by atoms with Gasteiger partial charge in [-0.3, -0.25) is 19.7 Å². The molecule has 43 heavy (non-hydrogen) atoms. The summed E-state index contributed by atoms with van der Waals surface area (Å²) < 4.78 is 22.7. The summed E-state index contributed by atoms with van der Waals surface area (Å²) >= 11 is 0. The highest BCUT2D eigenvalue weighted by atomic mass is 16.6. The highest BCUT2D eigenvalue weighted by molar-refractivity contribution is 6.02. The van der Waals surface area contributed by atoms with E-state index in [0.717, 1.165) is 25.1 Å². The van der Waals surface area contributed by atoms with Gasteiger partial charge in [0.05, 0.1) is 55.7 Å². The Balaban J connectivity index is 1.19. The molecule has 1 N–H and O–H groups in total. The third kappa shape index (κ3) is 6.15. The minimum absolute atomic E-state index is 0.00114. The molecule has 2 fully saturated rings. The molecule has 5 rings (SSSR count). The molecule has 2 atom stereocenters. The van der Waals surface area contributed by atoms with Gasteiger partial charge in [-0.1, -0.05) is 0 Å². The van der Waals surface area contributed by atoms with Crippen molar-refractivity contribution in [2.24, 2.45) is 0 Å². The van der Waals surface area contributed by atoms with Crippen LogP contribution in [0.15, 0.2) is 24.3 Å². The Morgan fingerprint density at radius 3 is 2.35 bits per heavy atom. The van der Waals surface area contributed by atoms with Crippen LogP contribution in [0.4, 0.5) is 11.4 Å². The molecule has 0 aromatic heterocycles. The highest BCUT2D eigenvalue weighted by Crippen LogP contribution is 2.38. The Morgan fingerprint density at radius 2 is 1.67 bits per heavy atom.